The highest BCUT2D eigenvalue weighted by molar-refractivity contribution is 7.92. The first-order valence-corrected chi connectivity index (χ1v) is 15.6. The molecule has 9 nitrogen and oxygen atoms in total. The van der Waals surface area contributed by atoms with E-state index >= 15 is 0 Å². The van der Waals surface area contributed by atoms with Gasteiger partial charge in [-0.1, -0.05) is 47.5 Å². The Morgan fingerprint density at radius 3 is 2.25 bits per heavy atom. The topological polar surface area (TPSA) is 114 Å². The van der Waals surface area contributed by atoms with E-state index in [2.05, 4.69) is 10.6 Å². The van der Waals surface area contributed by atoms with Crippen molar-refractivity contribution in [1.82, 2.24) is 5.32 Å². The maximum absolute atomic E-state index is 13.8. The molecule has 44 heavy (non-hydrogen) atoms. The second kappa shape index (κ2) is 14.3. The number of carbonyl (C=O) groups is 2. The van der Waals surface area contributed by atoms with Gasteiger partial charge in [-0.3, -0.25) is 13.9 Å². The summed E-state index contributed by atoms with van der Waals surface area (Å²) in [4.78, 5) is 26.6. The zero-order valence-corrected chi connectivity index (χ0v) is 26.5. The molecular weight excluding hydrogens is 602 g/mol. The smallest absolute Gasteiger partial charge is 0.264 e. The number of benzene rings is 4. The fraction of sp³-hybridized carbons (Fsp3) is 0.212. The van der Waals surface area contributed by atoms with Gasteiger partial charge in [-0.25, -0.2) is 8.42 Å². The van der Waals surface area contributed by atoms with E-state index in [0.717, 1.165) is 15.4 Å². The van der Waals surface area contributed by atoms with Crippen LogP contribution in [0, 0.1) is 13.8 Å². The standard InChI is InChI=1S/C33H34ClN3O6S/c1-22-9-13-26(14-10-22)44(40,41)37(29-15-12-25(34)19-23(29)2)21-32(38)36-28-8-6-5-7-27(28)33(39)35-18-17-24-11-16-30(42-3)31(20-24)43-4/h5-16,19-20H,17-18,21H2,1-4H3,(H,35,39)(H,36,38). The van der Waals surface area contributed by atoms with E-state index in [0.29, 0.717) is 40.7 Å². The number of rotatable bonds is 12. The lowest BCUT2D eigenvalue weighted by Crippen LogP contribution is -2.39. The molecule has 0 aromatic heterocycles. The molecular formula is C33H34ClN3O6S. The molecule has 0 radical (unpaired) electrons. The summed E-state index contributed by atoms with van der Waals surface area (Å²) in [5, 5.41) is 6.04. The average molecular weight is 636 g/mol. The number of hydrogen-bond acceptors (Lipinski definition) is 6. The largest absolute Gasteiger partial charge is 0.493 e. The molecule has 0 atom stereocenters. The number of aryl methyl sites for hydroxylation is 2. The van der Waals surface area contributed by atoms with Gasteiger partial charge in [0.2, 0.25) is 5.91 Å². The lowest BCUT2D eigenvalue weighted by atomic mass is 10.1. The van der Waals surface area contributed by atoms with Crippen LogP contribution in [0.5, 0.6) is 11.5 Å². The van der Waals surface area contributed by atoms with E-state index in [-0.39, 0.29) is 22.1 Å². The van der Waals surface area contributed by atoms with Crippen molar-refractivity contribution >= 4 is 44.8 Å². The molecule has 0 spiro atoms. The molecule has 0 aliphatic heterocycles. The highest BCUT2D eigenvalue weighted by Crippen LogP contribution is 2.30. The number of halogens is 1. The minimum Gasteiger partial charge on any atom is -0.493 e. The number of para-hydroxylation sites is 1. The summed E-state index contributed by atoms with van der Waals surface area (Å²) in [6.07, 6.45) is 0.535. The Morgan fingerprint density at radius 2 is 1.57 bits per heavy atom. The molecule has 4 aromatic carbocycles. The van der Waals surface area contributed by atoms with Gasteiger partial charge in [0.05, 0.1) is 36.1 Å². The van der Waals surface area contributed by atoms with Crippen LogP contribution in [0.1, 0.15) is 27.0 Å². The van der Waals surface area contributed by atoms with Gasteiger partial charge in [0.15, 0.2) is 11.5 Å². The van der Waals surface area contributed by atoms with Crippen molar-refractivity contribution in [2.75, 3.05) is 36.9 Å². The maximum Gasteiger partial charge on any atom is 0.264 e. The Hall–Kier alpha value is -4.54. The molecule has 4 aromatic rings. The van der Waals surface area contributed by atoms with Crippen LogP contribution in [0.4, 0.5) is 11.4 Å². The third-order valence-corrected chi connectivity index (χ3v) is 8.93. The Balaban J connectivity index is 1.51. The molecule has 0 unspecified atom stereocenters. The van der Waals surface area contributed by atoms with E-state index in [9.17, 15) is 18.0 Å². The molecule has 0 aliphatic rings. The fourth-order valence-corrected chi connectivity index (χ4v) is 6.31. The Morgan fingerprint density at radius 1 is 0.864 bits per heavy atom. The first-order valence-electron chi connectivity index (χ1n) is 13.8. The van der Waals surface area contributed by atoms with Crippen LogP contribution in [0.15, 0.2) is 89.8 Å². The molecule has 0 saturated carbocycles. The van der Waals surface area contributed by atoms with Crippen molar-refractivity contribution in [2.45, 2.75) is 25.2 Å². The lowest BCUT2D eigenvalue weighted by Gasteiger charge is -2.26. The van der Waals surface area contributed by atoms with Crippen LogP contribution in [-0.2, 0) is 21.2 Å². The zero-order chi connectivity index (χ0) is 31.9. The van der Waals surface area contributed by atoms with E-state index in [1.54, 1.807) is 81.8 Å². The molecule has 4 rings (SSSR count). The first-order chi connectivity index (χ1) is 21.0. The van der Waals surface area contributed by atoms with Gasteiger partial charge in [-0.2, -0.15) is 0 Å². The number of nitrogens with zero attached hydrogens (tertiary/aromatic N) is 1. The molecule has 0 aliphatic carbocycles. The molecule has 0 heterocycles. The highest BCUT2D eigenvalue weighted by Gasteiger charge is 2.29. The summed E-state index contributed by atoms with van der Waals surface area (Å²) in [7, 11) is -1.01. The number of hydrogen-bond donors (Lipinski definition) is 2. The summed E-state index contributed by atoms with van der Waals surface area (Å²) in [5.41, 5.74) is 3.22. The lowest BCUT2D eigenvalue weighted by molar-refractivity contribution is -0.114. The monoisotopic (exact) mass is 635 g/mol. The third-order valence-electron chi connectivity index (χ3n) is 6.92. The van der Waals surface area contributed by atoms with Crippen molar-refractivity contribution in [2.24, 2.45) is 0 Å². The summed E-state index contributed by atoms with van der Waals surface area (Å²) >= 11 is 6.13. The number of sulfonamides is 1. The number of methoxy groups -OCH3 is 2. The fourth-order valence-electron chi connectivity index (χ4n) is 4.60. The Labute approximate surface area is 262 Å². The minimum absolute atomic E-state index is 0.0412. The van der Waals surface area contributed by atoms with Crippen LogP contribution in [0.25, 0.3) is 0 Å². The van der Waals surface area contributed by atoms with E-state index in [1.165, 1.54) is 12.1 Å². The predicted molar refractivity (Wildman–Crippen MR) is 173 cm³/mol. The minimum atomic E-state index is -4.13. The number of amides is 2. The van der Waals surface area contributed by atoms with Gasteiger partial charge >= 0.3 is 0 Å². The van der Waals surface area contributed by atoms with Gasteiger partial charge in [0.25, 0.3) is 15.9 Å². The van der Waals surface area contributed by atoms with Gasteiger partial charge in [-0.05, 0) is 86.0 Å². The van der Waals surface area contributed by atoms with Gasteiger partial charge < -0.3 is 20.1 Å². The van der Waals surface area contributed by atoms with Crippen molar-refractivity contribution in [3.05, 3.63) is 112 Å². The Bertz CT molecular complexity index is 1760. The third kappa shape index (κ3) is 7.69. The van der Waals surface area contributed by atoms with Crippen molar-refractivity contribution in [1.29, 1.82) is 0 Å². The molecule has 0 bridgehead atoms. The van der Waals surface area contributed by atoms with Gasteiger partial charge in [0.1, 0.15) is 6.54 Å². The summed E-state index contributed by atoms with van der Waals surface area (Å²) in [6, 6.07) is 23.2. The molecule has 2 N–H and O–H groups in total. The SMILES string of the molecule is COc1ccc(CCNC(=O)c2ccccc2NC(=O)CN(c2ccc(Cl)cc2C)S(=O)(=O)c2ccc(C)cc2)cc1OC. The van der Waals surface area contributed by atoms with Crippen molar-refractivity contribution in [3.8, 4) is 11.5 Å². The van der Waals surface area contributed by atoms with Crippen molar-refractivity contribution in [3.63, 3.8) is 0 Å². The normalized spacial score (nSPS) is 11.0. The van der Waals surface area contributed by atoms with Gasteiger partial charge in [0, 0.05) is 11.6 Å². The van der Waals surface area contributed by atoms with Crippen LogP contribution in [0.3, 0.4) is 0 Å². The second-order valence-corrected chi connectivity index (χ2v) is 12.3. The highest BCUT2D eigenvalue weighted by atomic mass is 35.5. The molecule has 0 fully saturated rings. The van der Waals surface area contributed by atoms with E-state index in [4.69, 9.17) is 21.1 Å². The summed E-state index contributed by atoms with van der Waals surface area (Å²) in [6.45, 7) is 3.37. The maximum atomic E-state index is 13.8. The number of carbonyl (C=O) groups excluding carboxylic acids is 2. The van der Waals surface area contributed by atoms with E-state index in [1.807, 2.05) is 19.1 Å². The van der Waals surface area contributed by atoms with Crippen LogP contribution in [0.2, 0.25) is 5.02 Å². The number of anilines is 2. The van der Waals surface area contributed by atoms with Crippen molar-refractivity contribution < 1.29 is 27.5 Å². The zero-order valence-electron chi connectivity index (χ0n) is 24.9. The van der Waals surface area contributed by atoms with Gasteiger partial charge in [-0.15, -0.1) is 0 Å². The second-order valence-electron chi connectivity index (χ2n) is 10.0. The Kier molecular flexibility index (Phi) is 10.5. The average Bonchev–Trinajstić information content (AvgIpc) is 3.00. The van der Waals surface area contributed by atoms with E-state index < -0.39 is 22.5 Å². The first kappa shape index (κ1) is 32.4. The molecule has 230 valence electrons. The molecule has 11 heteroatoms. The molecule has 2 amide bonds. The van der Waals surface area contributed by atoms with Crippen LogP contribution >= 0.6 is 11.6 Å². The molecule has 0 saturated heterocycles. The number of ether oxygens (including phenoxy) is 2. The predicted octanol–water partition coefficient (Wildman–Crippen LogP) is 5.78. The quantitative estimate of drug-likeness (QED) is 0.204. The van der Waals surface area contributed by atoms with Crippen LogP contribution in [-0.4, -0.2) is 47.5 Å². The summed E-state index contributed by atoms with van der Waals surface area (Å²) < 4.78 is 39.2. The number of nitrogens with one attached hydrogen (secondary N) is 2. The van der Waals surface area contributed by atoms with Crippen LogP contribution < -0.4 is 24.4 Å². The summed E-state index contributed by atoms with van der Waals surface area (Å²) in [5.74, 6) is 0.192.